The number of imidazole rings is 1. The minimum atomic E-state index is -1.74. The molecule has 2 aromatic heterocycles. The Morgan fingerprint density at radius 3 is 1.98 bits per heavy atom. The number of nitrogens with zero attached hydrogens (tertiary/aromatic N) is 4. The van der Waals surface area contributed by atoms with Gasteiger partial charge in [0.2, 0.25) is 5.95 Å². The Morgan fingerprint density at radius 1 is 0.792 bits per heavy atom. The van der Waals surface area contributed by atoms with Crippen LogP contribution >= 0.6 is 0 Å². The number of hydrogen-bond acceptors (Lipinski definition) is 12. The number of carbonyl (C=O) groups excluding carboxylic acids is 3. The average Bonchev–Trinajstić information content (AvgIpc) is 3.72. The molecule has 268 valence electrons. The number of nitrogens with two attached hydrogens (primary N) is 1. The van der Waals surface area contributed by atoms with Crippen molar-refractivity contribution in [3.05, 3.63) is 150 Å². The highest BCUT2D eigenvalue weighted by molar-refractivity contribution is 5.91. The molecule has 6 aromatic rings. The van der Waals surface area contributed by atoms with E-state index >= 15 is 0 Å². The molecule has 3 N–H and O–H groups in total. The van der Waals surface area contributed by atoms with Crippen molar-refractivity contribution in [2.75, 3.05) is 24.2 Å². The number of carbonyl (C=O) groups is 3. The van der Waals surface area contributed by atoms with Crippen LogP contribution in [0.2, 0.25) is 0 Å². The zero-order chi connectivity index (χ0) is 36.8. The van der Waals surface area contributed by atoms with Gasteiger partial charge in [0.15, 0.2) is 34.9 Å². The Kier molecular flexibility index (Phi) is 10.1. The highest BCUT2D eigenvalue weighted by Crippen LogP contribution is 2.45. The maximum Gasteiger partial charge on any atom is 0.338 e. The fraction of sp³-hybridized carbons (Fsp3) is 0.200. The number of ether oxygens (including phenoxy) is 4. The molecule has 7 rings (SSSR count). The van der Waals surface area contributed by atoms with Gasteiger partial charge >= 0.3 is 17.9 Å². The van der Waals surface area contributed by atoms with Gasteiger partial charge in [-0.3, -0.25) is 4.57 Å². The van der Waals surface area contributed by atoms with Crippen molar-refractivity contribution in [1.82, 2.24) is 19.5 Å². The summed E-state index contributed by atoms with van der Waals surface area (Å²) in [6, 6.07) is 35.2. The third-order valence-corrected chi connectivity index (χ3v) is 8.89. The van der Waals surface area contributed by atoms with E-state index in [4.69, 9.17) is 24.7 Å². The fourth-order valence-electron chi connectivity index (χ4n) is 6.26. The number of hydrogen-bond donors (Lipinski definition) is 2. The van der Waals surface area contributed by atoms with Gasteiger partial charge in [-0.1, -0.05) is 84.9 Å². The van der Waals surface area contributed by atoms with E-state index < -0.39 is 41.9 Å². The molecule has 0 bridgehead atoms. The van der Waals surface area contributed by atoms with Crippen LogP contribution in [0.3, 0.4) is 0 Å². The van der Waals surface area contributed by atoms with Gasteiger partial charge in [-0.2, -0.15) is 9.97 Å². The van der Waals surface area contributed by atoms with Crippen LogP contribution in [-0.2, 0) is 25.4 Å². The van der Waals surface area contributed by atoms with Crippen LogP contribution in [0.4, 0.5) is 11.8 Å². The van der Waals surface area contributed by atoms with E-state index in [1.807, 2.05) is 30.3 Å². The van der Waals surface area contributed by atoms with Gasteiger partial charge in [0.25, 0.3) is 0 Å². The number of nitrogen functional groups attached to an aromatic ring is 1. The summed E-state index contributed by atoms with van der Waals surface area (Å²) in [5, 5.41) is 3.31. The molecule has 0 aliphatic carbocycles. The van der Waals surface area contributed by atoms with Crippen LogP contribution in [0.1, 0.15) is 49.8 Å². The average molecular weight is 713 g/mol. The molecule has 1 fully saturated rings. The summed E-state index contributed by atoms with van der Waals surface area (Å²) in [6.07, 6.45) is -1.44. The number of rotatable bonds is 12. The smallest absolute Gasteiger partial charge is 0.338 e. The van der Waals surface area contributed by atoms with Gasteiger partial charge in [0.1, 0.15) is 12.7 Å². The lowest BCUT2D eigenvalue weighted by molar-refractivity contribution is -0.108. The molecular weight excluding hydrogens is 676 g/mol. The van der Waals surface area contributed by atoms with Crippen LogP contribution in [0, 0.1) is 0 Å². The summed E-state index contributed by atoms with van der Waals surface area (Å²) in [4.78, 5) is 54.1. The topological polar surface area (TPSA) is 170 Å². The largest absolute Gasteiger partial charge is 0.459 e. The normalized spacial score (nSPS) is 19.4. The molecule has 3 heterocycles. The van der Waals surface area contributed by atoms with Crippen molar-refractivity contribution in [1.29, 1.82) is 0 Å². The SMILES string of the molecule is C[C@@]1(OC(=O)c2ccccc2)[C@H](OC(=O)c2ccccc2)[C@@H](COC(=O)c2ccccc2)O[C@H]1n1cnc2c(NCCc3ccccc3)nc(N)nc21. The molecule has 13 heteroatoms. The number of nitrogens with one attached hydrogen (secondary N) is 1. The van der Waals surface area contributed by atoms with Crippen LogP contribution in [-0.4, -0.2) is 68.4 Å². The number of esters is 3. The van der Waals surface area contributed by atoms with Crippen LogP contribution in [0.25, 0.3) is 11.2 Å². The van der Waals surface area contributed by atoms with Gasteiger partial charge in [0, 0.05) is 6.54 Å². The molecule has 1 aliphatic heterocycles. The van der Waals surface area contributed by atoms with E-state index in [2.05, 4.69) is 20.3 Å². The van der Waals surface area contributed by atoms with Crippen molar-refractivity contribution in [2.24, 2.45) is 0 Å². The Morgan fingerprint density at radius 2 is 1.36 bits per heavy atom. The molecular formula is C40H36N6O7. The van der Waals surface area contributed by atoms with Crippen LogP contribution < -0.4 is 11.1 Å². The Labute approximate surface area is 304 Å². The molecule has 13 nitrogen and oxygen atoms in total. The van der Waals surface area contributed by atoms with Gasteiger partial charge in [0.05, 0.1) is 23.0 Å². The number of benzene rings is 4. The number of anilines is 2. The van der Waals surface area contributed by atoms with Crippen molar-refractivity contribution in [2.45, 2.75) is 37.4 Å². The summed E-state index contributed by atoms with van der Waals surface area (Å²) in [5.74, 6) is -1.67. The maximum atomic E-state index is 13.8. The summed E-state index contributed by atoms with van der Waals surface area (Å²) in [6.45, 7) is 1.77. The van der Waals surface area contributed by atoms with Crippen LogP contribution in [0.5, 0.6) is 0 Å². The Bertz CT molecular complexity index is 2200. The minimum absolute atomic E-state index is 0.0390. The predicted molar refractivity (Wildman–Crippen MR) is 195 cm³/mol. The minimum Gasteiger partial charge on any atom is -0.459 e. The van der Waals surface area contributed by atoms with E-state index in [-0.39, 0.29) is 29.3 Å². The molecule has 0 amide bonds. The molecule has 4 atom stereocenters. The van der Waals surface area contributed by atoms with Gasteiger partial charge < -0.3 is 30.0 Å². The highest BCUT2D eigenvalue weighted by atomic mass is 16.7. The second-order valence-electron chi connectivity index (χ2n) is 12.5. The first kappa shape index (κ1) is 34.8. The summed E-state index contributed by atoms with van der Waals surface area (Å²) < 4.78 is 26.3. The van der Waals surface area contributed by atoms with Crippen molar-refractivity contribution in [3.8, 4) is 0 Å². The van der Waals surface area contributed by atoms with Crippen molar-refractivity contribution >= 4 is 40.8 Å². The molecule has 0 spiro atoms. The van der Waals surface area contributed by atoms with Crippen molar-refractivity contribution in [3.63, 3.8) is 0 Å². The maximum absolute atomic E-state index is 13.8. The molecule has 0 unspecified atom stereocenters. The lowest BCUT2D eigenvalue weighted by Crippen LogP contribution is -2.50. The standard InChI is InChI=1S/C40H36N6O7/c1-40(53-37(49)29-20-12-5-13-21-29)32(52-36(48)28-18-10-4-11-19-28)30(24-50-35(47)27-16-8-3-9-17-27)51-38(40)46-25-43-31-33(44-39(41)45-34(31)46)42-23-22-26-14-6-2-7-15-26/h2-21,25,30,32,38H,22-24H2,1H3,(H3,41,42,44,45)/t30-,32-,38-,40-/m1/s1. The monoisotopic (exact) mass is 712 g/mol. The number of aromatic nitrogens is 4. The van der Waals surface area contributed by atoms with Gasteiger partial charge in [-0.25, -0.2) is 19.4 Å². The molecule has 4 aromatic carbocycles. The lowest BCUT2D eigenvalue weighted by atomic mass is 9.95. The second-order valence-corrected chi connectivity index (χ2v) is 12.5. The molecule has 1 aliphatic rings. The Balaban J connectivity index is 1.27. The second kappa shape index (κ2) is 15.3. The lowest BCUT2D eigenvalue weighted by Gasteiger charge is -2.34. The van der Waals surface area contributed by atoms with Crippen LogP contribution in [0.15, 0.2) is 128 Å². The van der Waals surface area contributed by atoms with E-state index in [1.165, 1.54) is 6.33 Å². The first-order valence-electron chi connectivity index (χ1n) is 17.0. The summed E-state index contributed by atoms with van der Waals surface area (Å²) >= 11 is 0. The van der Waals surface area contributed by atoms with E-state index in [9.17, 15) is 14.4 Å². The third kappa shape index (κ3) is 7.55. The quantitative estimate of drug-likeness (QED) is 0.118. The first-order valence-corrected chi connectivity index (χ1v) is 17.0. The molecule has 1 saturated heterocycles. The predicted octanol–water partition coefficient (Wildman–Crippen LogP) is 5.66. The Hall–Kier alpha value is -6.60. The van der Waals surface area contributed by atoms with Crippen molar-refractivity contribution < 1.29 is 33.3 Å². The van der Waals surface area contributed by atoms with Gasteiger partial charge in [-0.15, -0.1) is 0 Å². The number of fused-ring (bicyclic) bond motifs is 1. The van der Waals surface area contributed by atoms with E-state index in [0.29, 0.717) is 29.9 Å². The first-order chi connectivity index (χ1) is 25.8. The molecule has 0 saturated carbocycles. The van der Waals surface area contributed by atoms with E-state index in [1.54, 1.807) is 102 Å². The summed E-state index contributed by atoms with van der Waals surface area (Å²) in [5.41, 5.74) is 7.09. The summed E-state index contributed by atoms with van der Waals surface area (Å²) in [7, 11) is 0. The molecule has 53 heavy (non-hydrogen) atoms. The zero-order valence-electron chi connectivity index (χ0n) is 28.7. The third-order valence-electron chi connectivity index (χ3n) is 8.89. The molecule has 0 radical (unpaired) electrons. The fourth-order valence-corrected chi connectivity index (χ4v) is 6.26. The highest BCUT2D eigenvalue weighted by Gasteiger charge is 2.61. The van der Waals surface area contributed by atoms with E-state index in [0.717, 1.165) is 5.56 Å². The van der Waals surface area contributed by atoms with Gasteiger partial charge in [-0.05, 0) is 55.3 Å². The zero-order valence-corrected chi connectivity index (χ0v) is 28.7.